The van der Waals surface area contributed by atoms with Gasteiger partial charge in [0.25, 0.3) is 5.91 Å². The molecule has 2 aromatic heterocycles. The first-order chi connectivity index (χ1) is 21.8. The van der Waals surface area contributed by atoms with Crippen LogP contribution in [0.2, 0.25) is 0 Å². The lowest BCUT2D eigenvalue weighted by Gasteiger charge is -2.25. The molecule has 3 aromatic rings. The van der Waals surface area contributed by atoms with Gasteiger partial charge in [-0.15, -0.1) is 0 Å². The van der Waals surface area contributed by atoms with E-state index in [2.05, 4.69) is 15.4 Å². The fourth-order valence-corrected chi connectivity index (χ4v) is 6.79. The maximum atomic E-state index is 13.7. The molecule has 1 fully saturated rings. The highest BCUT2D eigenvalue weighted by Crippen LogP contribution is 2.38. The number of hydrogen-bond donors (Lipinski definition) is 1. The summed E-state index contributed by atoms with van der Waals surface area (Å²) in [7, 11) is 1.59. The third-order valence-electron chi connectivity index (χ3n) is 9.24. The highest BCUT2D eigenvalue weighted by Gasteiger charge is 2.41. The number of rotatable bonds is 4. The number of nitrogens with zero attached hydrogens (tertiary/aromatic N) is 5. The van der Waals surface area contributed by atoms with E-state index in [0.717, 1.165) is 53.9 Å². The second kappa shape index (κ2) is 13.3. The minimum atomic E-state index is -0.433. The molecule has 0 unspecified atom stereocenters. The average molecular weight is 615 g/mol. The number of carbonyl (C=O) groups excluding carboxylic acids is 3. The number of fused-ring (bicyclic) bond motifs is 5. The van der Waals surface area contributed by atoms with Gasteiger partial charge < -0.3 is 24.6 Å². The smallest absolute Gasteiger partial charge is 0.255 e. The molecule has 1 aliphatic carbocycles. The molecule has 2 bridgehead atoms. The van der Waals surface area contributed by atoms with Gasteiger partial charge in [0.1, 0.15) is 13.2 Å². The summed E-state index contributed by atoms with van der Waals surface area (Å²) in [5.74, 6) is 0.202. The van der Waals surface area contributed by atoms with Crippen molar-refractivity contribution in [2.45, 2.75) is 58.4 Å². The third kappa shape index (κ3) is 6.67. The summed E-state index contributed by atoms with van der Waals surface area (Å²) in [4.78, 5) is 48.8. The molecule has 1 saturated heterocycles. The molecule has 238 valence electrons. The van der Waals surface area contributed by atoms with Crippen molar-refractivity contribution in [2.75, 3.05) is 46.4 Å². The normalized spacial score (nSPS) is 20.4. The summed E-state index contributed by atoms with van der Waals surface area (Å²) < 4.78 is 13.5. The third-order valence-corrected chi connectivity index (χ3v) is 9.24. The van der Waals surface area contributed by atoms with Crippen molar-refractivity contribution < 1.29 is 23.9 Å². The van der Waals surface area contributed by atoms with Gasteiger partial charge in [-0.3, -0.25) is 24.0 Å². The molecule has 2 aliphatic heterocycles. The standard InChI is InChI=1S/C34H42N6O5/c1-22-15-23(2)40(37-22)21-32(41)39-19-27-24-9-10-30(44-3)31(17-24)45-14-13-38(12-6-11-35-33(42)28(27)20-39)34(43)26-16-25-7-4-5-8-29(25)36-18-26/h9-10,15-18,27-28H,4-8,11-14,19-21H2,1-3H3,(H,35,42)/t27-,28+/m1/s1. The van der Waals surface area contributed by atoms with Crippen LogP contribution in [0.5, 0.6) is 11.5 Å². The van der Waals surface area contributed by atoms with Crippen LogP contribution in [-0.4, -0.2) is 88.7 Å². The molecule has 11 nitrogen and oxygen atoms in total. The van der Waals surface area contributed by atoms with Gasteiger partial charge in [0, 0.05) is 49.7 Å². The van der Waals surface area contributed by atoms with Crippen molar-refractivity contribution in [3.05, 3.63) is 70.3 Å². The Morgan fingerprint density at radius 1 is 1.02 bits per heavy atom. The predicted octanol–water partition coefficient (Wildman–Crippen LogP) is 3.07. The van der Waals surface area contributed by atoms with Crippen LogP contribution >= 0.6 is 0 Å². The van der Waals surface area contributed by atoms with Crippen molar-refractivity contribution in [3.8, 4) is 11.5 Å². The van der Waals surface area contributed by atoms with E-state index in [1.165, 1.54) is 0 Å². The second-order valence-electron chi connectivity index (χ2n) is 12.3. The Balaban J connectivity index is 1.22. The minimum absolute atomic E-state index is 0.0739. The molecule has 1 N–H and O–H groups in total. The van der Waals surface area contributed by atoms with Crippen LogP contribution in [0.15, 0.2) is 36.5 Å². The Morgan fingerprint density at radius 3 is 2.64 bits per heavy atom. The van der Waals surface area contributed by atoms with Gasteiger partial charge in [0.05, 0.1) is 30.8 Å². The molecule has 6 rings (SSSR count). The number of carbonyl (C=O) groups is 3. The van der Waals surface area contributed by atoms with Crippen LogP contribution in [0.25, 0.3) is 0 Å². The number of likely N-dealkylation sites (tertiary alicyclic amines) is 1. The number of amides is 3. The van der Waals surface area contributed by atoms with Gasteiger partial charge in [0.15, 0.2) is 11.5 Å². The molecule has 0 radical (unpaired) electrons. The molecule has 45 heavy (non-hydrogen) atoms. The van der Waals surface area contributed by atoms with Crippen molar-refractivity contribution >= 4 is 17.7 Å². The molecule has 2 atom stereocenters. The predicted molar refractivity (Wildman–Crippen MR) is 167 cm³/mol. The fourth-order valence-electron chi connectivity index (χ4n) is 6.79. The first-order valence-electron chi connectivity index (χ1n) is 15.9. The quantitative estimate of drug-likeness (QED) is 0.480. The van der Waals surface area contributed by atoms with E-state index in [9.17, 15) is 14.4 Å². The zero-order valence-electron chi connectivity index (χ0n) is 26.4. The van der Waals surface area contributed by atoms with Gasteiger partial charge >= 0.3 is 0 Å². The van der Waals surface area contributed by atoms with E-state index in [-0.39, 0.29) is 36.8 Å². The number of hydrogen-bond acceptors (Lipinski definition) is 7. The number of methoxy groups -OCH3 is 1. The zero-order valence-corrected chi connectivity index (χ0v) is 26.4. The first kappa shape index (κ1) is 30.6. The maximum absolute atomic E-state index is 13.7. The van der Waals surface area contributed by atoms with Crippen LogP contribution in [0.4, 0.5) is 0 Å². The zero-order chi connectivity index (χ0) is 31.5. The number of aromatic nitrogens is 3. The summed E-state index contributed by atoms with van der Waals surface area (Å²) in [5.41, 5.74) is 5.52. The fraction of sp³-hybridized carbons (Fsp3) is 0.500. The summed E-state index contributed by atoms with van der Waals surface area (Å²) >= 11 is 0. The SMILES string of the molecule is COc1ccc2cc1OCCN(C(=O)c1cnc3c(c1)CCCC3)CCCNC(=O)[C@H]1CN(C(=O)Cn3nc(C)cc3C)C[C@H]21. The Morgan fingerprint density at radius 2 is 1.84 bits per heavy atom. The molecule has 11 heteroatoms. The lowest BCUT2D eigenvalue weighted by atomic mass is 9.88. The van der Waals surface area contributed by atoms with Gasteiger partial charge in [-0.25, -0.2) is 0 Å². The lowest BCUT2D eigenvalue weighted by Crippen LogP contribution is -2.39. The Labute approximate surface area is 263 Å². The summed E-state index contributed by atoms with van der Waals surface area (Å²) in [6.07, 6.45) is 6.43. The van der Waals surface area contributed by atoms with E-state index in [1.807, 2.05) is 44.2 Å². The van der Waals surface area contributed by atoms with Crippen LogP contribution in [0, 0.1) is 19.8 Å². The van der Waals surface area contributed by atoms with Gasteiger partial charge in [-0.2, -0.15) is 5.10 Å². The highest BCUT2D eigenvalue weighted by atomic mass is 16.5. The topological polar surface area (TPSA) is 119 Å². The number of nitrogens with one attached hydrogen (secondary N) is 1. The number of aryl methyl sites for hydroxylation is 4. The lowest BCUT2D eigenvalue weighted by molar-refractivity contribution is -0.131. The second-order valence-corrected chi connectivity index (χ2v) is 12.3. The molecule has 1 aromatic carbocycles. The number of pyridine rings is 1. The minimum Gasteiger partial charge on any atom is -0.493 e. The van der Waals surface area contributed by atoms with Crippen LogP contribution in [0.3, 0.4) is 0 Å². The van der Waals surface area contributed by atoms with Crippen molar-refractivity contribution in [1.82, 2.24) is 29.9 Å². The van der Waals surface area contributed by atoms with E-state index in [4.69, 9.17) is 9.47 Å². The molecular weight excluding hydrogens is 572 g/mol. The van der Waals surface area contributed by atoms with Gasteiger partial charge in [0.2, 0.25) is 11.8 Å². The number of ether oxygens (including phenoxy) is 2. The molecule has 0 saturated carbocycles. The average Bonchev–Trinajstić information content (AvgIpc) is 3.63. The van der Waals surface area contributed by atoms with Crippen molar-refractivity contribution in [3.63, 3.8) is 0 Å². The van der Waals surface area contributed by atoms with Crippen molar-refractivity contribution in [1.29, 1.82) is 0 Å². The maximum Gasteiger partial charge on any atom is 0.255 e. The van der Waals surface area contributed by atoms with E-state index < -0.39 is 5.92 Å². The molecule has 3 aliphatic rings. The van der Waals surface area contributed by atoms with Gasteiger partial charge in [-0.1, -0.05) is 6.07 Å². The van der Waals surface area contributed by atoms with Crippen LogP contribution in [-0.2, 0) is 29.0 Å². The molecule has 0 spiro atoms. The van der Waals surface area contributed by atoms with E-state index >= 15 is 0 Å². The molecular formula is C34H42N6O5. The Kier molecular flexibility index (Phi) is 9.04. The summed E-state index contributed by atoms with van der Waals surface area (Å²) in [6, 6.07) is 9.63. The van der Waals surface area contributed by atoms with Crippen molar-refractivity contribution in [2.24, 2.45) is 5.92 Å². The Bertz CT molecular complexity index is 1580. The monoisotopic (exact) mass is 614 g/mol. The summed E-state index contributed by atoms with van der Waals surface area (Å²) in [6.45, 7) is 6.21. The first-order valence-corrected chi connectivity index (χ1v) is 15.9. The molecule has 3 amide bonds. The number of benzene rings is 1. The molecule has 4 heterocycles. The highest BCUT2D eigenvalue weighted by molar-refractivity contribution is 5.94. The Hall–Kier alpha value is -4.41. The van der Waals surface area contributed by atoms with Crippen LogP contribution < -0.4 is 14.8 Å². The van der Waals surface area contributed by atoms with Crippen LogP contribution in [0.1, 0.15) is 63.7 Å². The summed E-state index contributed by atoms with van der Waals surface area (Å²) in [5, 5.41) is 7.54. The van der Waals surface area contributed by atoms with E-state index in [1.54, 1.807) is 27.8 Å². The largest absolute Gasteiger partial charge is 0.493 e. The van der Waals surface area contributed by atoms with Gasteiger partial charge in [-0.05, 0) is 81.3 Å². The van der Waals surface area contributed by atoms with E-state index in [0.29, 0.717) is 56.2 Å².